The number of carbonyl (C=O) groups is 1. The Morgan fingerprint density at radius 1 is 1.50 bits per heavy atom. The van der Waals surface area contributed by atoms with Crippen molar-refractivity contribution in [1.82, 2.24) is 5.32 Å². The van der Waals surface area contributed by atoms with Gasteiger partial charge in [0.2, 0.25) is 5.82 Å². The van der Waals surface area contributed by atoms with E-state index in [4.69, 9.17) is 4.74 Å². The number of methoxy groups -OCH3 is 1. The number of carbonyl (C=O) groups excluding carboxylic acids is 1. The van der Waals surface area contributed by atoms with E-state index >= 15 is 0 Å². The van der Waals surface area contributed by atoms with Gasteiger partial charge in [-0.15, -0.1) is 0 Å². The van der Waals surface area contributed by atoms with Crippen molar-refractivity contribution in [3.63, 3.8) is 0 Å². The van der Waals surface area contributed by atoms with Crippen LogP contribution in [0.2, 0.25) is 0 Å². The second-order valence-corrected chi connectivity index (χ2v) is 4.70. The molecular formula is C13H17FN2O4. The Kier molecular flexibility index (Phi) is 5.57. The quantitative estimate of drug-likeness (QED) is 0.641. The van der Waals surface area contributed by atoms with E-state index in [0.29, 0.717) is 6.61 Å². The first-order valence-electron chi connectivity index (χ1n) is 6.10. The number of benzene rings is 1. The maximum Gasteiger partial charge on any atom is 0.305 e. The van der Waals surface area contributed by atoms with Gasteiger partial charge in [0.05, 0.1) is 17.6 Å². The Hall–Kier alpha value is -2.02. The van der Waals surface area contributed by atoms with Gasteiger partial charge in [0.1, 0.15) is 0 Å². The summed E-state index contributed by atoms with van der Waals surface area (Å²) in [7, 11) is 1.52. The molecule has 1 rings (SSSR count). The molecule has 0 saturated carbocycles. The molecule has 0 bridgehead atoms. The van der Waals surface area contributed by atoms with Crippen LogP contribution in [0.4, 0.5) is 10.1 Å². The van der Waals surface area contributed by atoms with Crippen LogP contribution in [-0.4, -0.2) is 30.6 Å². The van der Waals surface area contributed by atoms with Crippen molar-refractivity contribution in [1.29, 1.82) is 0 Å². The van der Waals surface area contributed by atoms with Crippen molar-refractivity contribution < 1.29 is 18.8 Å². The third-order valence-corrected chi connectivity index (χ3v) is 2.87. The summed E-state index contributed by atoms with van der Waals surface area (Å²) in [5, 5.41) is 13.4. The third-order valence-electron chi connectivity index (χ3n) is 2.87. The largest absolute Gasteiger partial charge is 0.383 e. The van der Waals surface area contributed by atoms with Crippen LogP contribution in [0.15, 0.2) is 18.2 Å². The highest BCUT2D eigenvalue weighted by Gasteiger charge is 2.20. The molecule has 7 heteroatoms. The molecule has 6 nitrogen and oxygen atoms in total. The smallest absolute Gasteiger partial charge is 0.305 e. The van der Waals surface area contributed by atoms with Crippen molar-refractivity contribution >= 4 is 11.6 Å². The summed E-state index contributed by atoms with van der Waals surface area (Å²) in [5.41, 5.74) is -0.676. The van der Waals surface area contributed by atoms with Gasteiger partial charge in [0.15, 0.2) is 0 Å². The van der Waals surface area contributed by atoms with E-state index in [0.717, 1.165) is 12.1 Å². The predicted molar refractivity (Wildman–Crippen MR) is 71.0 cm³/mol. The zero-order chi connectivity index (χ0) is 15.3. The Labute approximate surface area is 116 Å². The zero-order valence-corrected chi connectivity index (χ0v) is 11.6. The molecule has 1 atom stereocenters. The molecule has 0 fully saturated rings. The second kappa shape index (κ2) is 6.95. The van der Waals surface area contributed by atoms with Gasteiger partial charge in [-0.25, -0.2) is 0 Å². The van der Waals surface area contributed by atoms with Crippen LogP contribution in [0.5, 0.6) is 0 Å². The number of rotatable bonds is 6. The standard InChI is InChI=1S/C13H17FN2O4/c1-8(2)11(7-20-3)15-13(17)9-4-5-10(14)12(6-9)16(18)19/h4-6,8,11H,7H2,1-3H3,(H,15,17). The molecule has 110 valence electrons. The second-order valence-electron chi connectivity index (χ2n) is 4.70. The van der Waals surface area contributed by atoms with Crippen LogP contribution >= 0.6 is 0 Å². The first-order chi connectivity index (χ1) is 9.36. The highest BCUT2D eigenvalue weighted by molar-refractivity contribution is 5.95. The minimum atomic E-state index is -0.969. The number of nitro benzene ring substituents is 1. The number of nitrogens with zero attached hydrogens (tertiary/aromatic N) is 1. The summed E-state index contributed by atoms with van der Waals surface area (Å²) >= 11 is 0. The molecule has 0 aliphatic rings. The highest BCUT2D eigenvalue weighted by Crippen LogP contribution is 2.18. The average molecular weight is 284 g/mol. The van der Waals surface area contributed by atoms with Crippen molar-refractivity contribution in [3.05, 3.63) is 39.7 Å². The Bertz CT molecular complexity index is 505. The maximum absolute atomic E-state index is 13.2. The molecule has 1 unspecified atom stereocenters. The lowest BCUT2D eigenvalue weighted by atomic mass is 10.0. The number of hydrogen-bond donors (Lipinski definition) is 1. The number of hydrogen-bond acceptors (Lipinski definition) is 4. The monoisotopic (exact) mass is 284 g/mol. The maximum atomic E-state index is 13.2. The molecule has 0 aliphatic heterocycles. The van der Waals surface area contributed by atoms with Crippen LogP contribution in [0, 0.1) is 21.8 Å². The van der Waals surface area contributed by atoms with Gasteiger partial charge in [0, 0.05) is 18.7 Å². The van der Waals surface area contributed by atoms with Gasteiger partial charge in [-0.2, -0.15) is 4.39 Å². The number of ether oxygens (including phenoxy) is 1. The Balaban J connectivity index is 2.92. The van der Waals surface area contributed by atoms with Crippen molar-refractivity contribution in [3.8, 4) is 0 Å². The van der Waals surface area contributed by atoms with Crippen molar-refractivity contribution in [2.75, 3.05) is 13.7 Å². The molecule has 0 spiro atoms. The SMILES string of the molecule is COCC(NC(=O)c1ccc(F)c([N+](=O)[O-])c1)C(C)C. The van der Waals surface area contributed by atoms with Gasteiger partial charge in [-0.05, 0) is 18.1 Å². The fraction of sp³-hybridized carbons (Fsp3) is 0.462. The fourth-order valence-corrected chi connectivity index (χ4v) is 1.63. The van der Waals surface area contributed by atoms with E-state index in [9.17, 15) is 19.3 Å². The fourth-order valence-electron chi connectivity index (χ4n) is 1.63. The lowest BCUT2D eigenvalue weighted by Crippen LogP contribution is -2.41. The minimum Gasteiger partial charge on any atom is -0.383 e. The number of nitro groups is 1. The number of nitrogens with one attached hydrogen (secondary N) is 1. The van der Waals surface area contributed by atoms with E-state index in [2.05, 4.69) is 5.32 Å². The summed E-state index contributed by atoms with van der Waals surface area (Å²) in [5.74, 6) is -1.33. The van der Waals surface area contributed by atoms with E-state index < -0.39 is 22.3 Å². The van der Waals surface area contributed by atoms with Gasteiger partial charge >= 0.3 is 5.69 Å². The van der Waals surface area contributed by atoms with Crippen molar-refractivity contribution in [2.24, 2.45) is 5.92 Å². The Morgan fingerprint density at radius 3 is 2.65 bits per heavy atom. The normalized spacial score (nSPS) is 12.2. The highest BCUT2D eigenvalue weighted by atomic mass is 19.1. The summed E-state index contributed by atoms with van der Waals surface area (Å²) in [6.07, 6.45) is 0. The lowest BCUT2D eigenvalue weighted by Gasteiger charge is -2.21. The topological polar surface area (TPSA) is 81.5 Å². The summed E-state index contributed by atoms with van der Waals surface area (Å²) in [6.45, 7) is 4.15. The van der Waals surface area contributed by atoms with E-state index in [1.54, 1.807) is 0 Å². The van der Waals surface area contributed by atoms with E-state index in [1.807, 2.05) is 13.8 Å². The van der Waals surface area contributed by atoms with Crippen molar-refractivity contribution in [2.45, 2.75) is 19.9 Å². The molecule has 0 radical (unpaired) electrons. The first-order valence-corrected chi connectivity index (χ1v) is 6.10. The summed E-state index contributed by atoms with van der Waals surface area (Å²) < 4.78 is 18.2. The van der Waals surface area contributed by atoms with Crippen LogP contribution in [0.1, 0.15) is 24.2 Å². The molecule has 0 aromatic heterocycles. The predicted octanol–water partition coefficient (Wildman–Crippen LogP) is 2.13. The van der Waals surface area contributed by atoms with Crippen LogP contribution < -0.4 is 5.32 Å². The Morgan fingerprint density at radius 2 is 2.15 bits per heavy atom. The van der Waals surface area contributed by atoms with Gasteiger partial charge in [0.25, 0.3) is 5.91 Å². The molecule has 1 amide bonds. The van der Waals surface area contributed by atoms with E-state index in [1.165, 1.54) is 13.2 Å². The van der Waals surface area contributed by atoms with Crippen LogP contribution in [0.25, 0.3) is 0 Å². The molecule has 0 saturated heterocycles. The number of amides is 1. The molecule has 1 aromatic rings. The summed E-state index contributed by atoms with van der Waals surface area (Å²) in [4.78, 5) is 21.8. The van der Waals surface area contributed by atoms with Crippen LogP contribution in [0.3, 0.4) is 0 Å². The molecule has 1 aromatic carbocycles. The van der Waals surface area contributed by atoms with Gasteiger partial charge in [-0.1, -0.05) is 13.8 Å². The molecule has 0 heterocycles. The molecule has 0 aliphatic carbocycles. The zero-order valence-electron chi connectivity index (χ0n) is 11.6. The van der Waals surface area contributed by atoms with E-state index in [-0.39, 0.29) is 17.5 Å². The minimum absolute atomic E-state index is 0.0415. The molecular weight excluding hydrogens is 267 g/mol. The third kappa shape index (κ3) is 3.99. The molecule has 1 N–H and O–H groups in total. The van der Waals surface area contributed by atoms with Crippen LogP contribution in [-0.2, 0) is 4.74 Å². The first kappa shape index (κ1) is 16.0. The molecule has 20 heavy (non-hydrogen) atoms. The number of halogens is 1. The summed E-state index contributed by atoms with van der Waals surface area (Å²) in [6, 6.07) is 2.82. The average Bonchev–Trinajstić information content (AvgIpc) is 2.38. The lowest BCUT2D eigenvalue weighted by molar-refractivity contribution is -0.387. The van der Waals surface area contributed by atoms with Gasteiger partial charge in [-0.3, -0.25) is 14.9 Å². The van der Waals surface area contributed by atoms with Gasteiger partial charge < -0.3 is 10.1 Å².